The van der Waals surface area contributed by atoms with Crippen LogP contribution in [0.3, 0.4) is 0 Å². The highest BCUT2D eigenvalue weighted by atomic mass is 28.4. The Hall–Kier alpha value is -0.566. The van der Waals surface area contributed by atoms with Gasteiger partial charge in [-0.3, -0.25) is 0 Å². The minimum absolute atomic E-state index is 1.43. The quantitative estimate of drug-likeness (QED) is 0.579. The van der Waals surface area contributed by atoms with Crippen LogP contribution in [0.25, 0.3) is 0 Å². The molecule has 0 aliphatic carbocycles. The summed E-state index contributed by atoms with van der Waals surface area (Å²) in [7, 11) is -3.17. The van der Waals surface area contributed by atoms with Gasteiger partial charge in [0.25, 0.3) is 0 Å². The minimum Gasteiger partial charge on any atom is -0.449 e. The second-order valence-electron chi connectivity index (χ2n) is 4.53. The van der Waals surface area contributed by atoms with Crippen LogP contribution in [0.1, 0.15) is 0 Å². The van der Waals surface area contributed by atoms with Crippen LogP contribution in [0.4, 0.5) is 0 Å². The first-order valence-corrected chi connectivity index (χ1v) is 10.4. The zero-order chi connectivity index (χ0) is 9.69. The molecule has 2 rings (SSSR count). The third-order valence-electron chi connectivity index (χ3n) is 2.61. The molecule has 13 heavy (non-hydrogen) atoms. The predicted molar refractivity (Wildman–Crippen MR) is 59.4 cm³/mol. The summed E-state index contributed by atoms with van der Waals surface area (Å²) in [6.45, 7) is 9.06. The lowest BCUT2D eigenvalue weighted by molar-refractivity contribution is 0.583. The van der Waals surface area contributed by atoms with Gasteiger partial charge in [-0.25, -0.2) is 0 Å². The van der Waals surface area contributed by atoms with E-state index < -0.39 is 16.6 Å². The molecule has 68 valence electrons. The van der Waals surface area contributed by atoms with Crippen LogP contribution in [0.5, 0.6) is 0 Å². The van der Waals surface area contributed by atoms with Crippen molar-refractivity contribution in [1.29, 1.82) is 0 Å². The van der Waals surface area contributed by atoms with Gasteiger partial charge in [0.15, 0.2) is 0 Å². The summed E-state index contributed by atoms with van der Waals surface area (Å²) >= 11 is 0. The van der Waals surface area contributed by atoms with Crippen molar-refractivity contribution >= 4 is 27.0 Å². The molecule has 0 saturated heterocycles. The van der Waals surface area contributed by atoms with Crippen molar-refractivity contribution in [2.75, 3.05) is 0 Å². The largest absolute Gasteiger partial charge is 0.449 e. The maximum atomic E-state index is 6.24. The molecule has 0 saturated carbocycles. The Bertz CT molecular complexity index is 312. The van der Waals surface area contributed by atoms with Gasteiger partial charge in [-0.1, -0.05) is 12.1 Å². The van der Waals surface area contributed by atoms with Crippen LogP contribution >= 0.6 is 0 Å². The van der Waals surface area contributed by atoms with Crippen LogP contribution in [-0.2, 0) is 4.12 Å². The zero-order valence-corrected chi connectivity index (χ0v) is 10.6. The van der Waals surface area contributed by atoms with Gasteiger partial charge in [0.05, 0.1) is 0 Å². The lowest BCUT2D eigenvalue weighted by atomic mass is 10.4. The SMILES string of the molecule is C[Si]1(C)O[Si](C)(C)c2cc#ccc21. The Labute approximate surface area is 82.0 Å². The normalized spacial score (nSPS) is 22.2. The predicted octanol–water partition coefficient (Wildman–Crippen LogP) is 1.14. The fraction of sp³-hybridized carbons (Fsp3) is 0.400. The monoisotopic (exact) mass is 206 g/mol. The van der Waals surface area contributed by atoms with Crippen molar-refractivity contribution in [2.45, 2.75) is 26.2 Å². The van der Waals surface area contributed by atoms with E-state index in [0.717, 1.165) is 0 Å². The van der Waals surface area contributed by atoms with E-state index in [1.165, 1.54) is 10.4 Å². The maximum absolute atomic E-state index is 6.24. The summed E-state index contributed by atoms with van der Waals surface area (Å²) in [4.78, 5) is 0. The third-order valence-corrected chi connectivity index (χ3v) is 10.4. The molecule has 1 aromatic carbocycles. The molecule has 0 aromatic heterocycles. The van der Waals surface area contributed by atoms with E-state index in [1.54, 1.807) is 0 Å². The van der Waals surface area contributed by atoms with Crippen LogP contribution in [0.2, 0.25) is 26.2 Å². The van der Waals surface area contributed by atoms with Crippen molar-refractivity contribution in [3.8, 4) is 0 Å². The number of fused-ring (bicyclic) bond motifs is 1. The molecular weight excluding hydrogens is 192 g/mol. The van der Waals surface area contributed by atoms with Crippen LogP contribution in [0, 0.1) is 12.1 Å². The van der Waals surface area contributed by atoms with Gasteiger partial charge in [0, 0.05) is 0 Å². The maximum Gasteiger partial charge on any atom is 0.206 e. The average molecular weight is 206 g/mol. The molecule has 1 aliphatic heterocycles. The number of rotatable bonds is 0. The average Bonchev–Trinajstić information content (AvgIpc) is 2.20. The van der Waals surface area contributed by atoms with Gasteiger partial charge >= 0.3 is 0 Å². The second kappa shape index (κ2) is 2.47. The van der Waals surface area contributed by atoms with Crippen LogP contribution < -0.4 is 10.4 Å². The van der Waals surface area contributed by atoms with Crippen LogP contribution in [-0.4, -0.2) is 16.6 Å². The molecule has 0 radical (unpaired) electrons. The van der Waals surface area contributed by atoms with Gasteiger partial charge in [-0.2, -0.15) is 0 Å². The Kier molecular flexibility index (Phi) is 1.71. The molecule has 0 atom stereocenters. The van der Waals surface area contributed by atoms with Gasteiger partial charge in [0.1, 0.15) is 0 Å². The number of hydrogen-bond acceptors (Lipinski definition) is 1. The standard InChI is InChI=1S/C10H14OSi2/c1-12(2)9-7-5-6-8-10(9)13(3,4)11-12/h7-8H,1-4H3. The van der Waals surface area contributed by atoms with Crippen molar-refractivity contribution in [3.05, 3.63) is 24.3 Å². The summed E-state index contributed by atoms with van der Waals surface area (Å²) in [5, 5.41) is 2.87. The van der Waals surface area contributed by atoms with Gasteiger partial charge in [-0.15, -0.1) is 0 Å². The molecule has 0 fully saturated rings. The summed E-state index contributed by atoms with van der Waals surface area (Å²) in [5.74, 6) is 0. The number of hydrogen-bond donors (Lipinski definition) is 0. The third kappa shape index (κ3) is 1.26. The van der Waals surface area contributed by atoms with Crippen molar-refractivity contribution in [1.82, 2.24) is 0 Å². The molecule has 0 spiro atoms. The zero-order valence-electron chi connectivity index (χ0n) is 8.56. The van der Waals surface area contributed by atoms with Crippen molar-refractivity contribution in [2.24, 2.45) is 0 Å². The molecule has 1 heterocycles. The lowest BCUT2D eigenvalue weighted by Crippen LogP contribution is -2.43. The highest BCUT2D eigenvalue weighted by Gasteiger charge is 2.45. The minimum atomic E-state index is -1.59. The Balaban J connectivity index is 2.64. The Morgan fingerprint density at radius 3 is 1.69 bits per heavy atom. The lowest BCUT2D eigenvalue weighted by Gasteiger charge is -2.22. The smallest absolute Gasteiger partial charge is 0.206 e. The summed E-state index contributed by atoms with van der Waals surface area (Å²) < 4.78 is 6.24. The van der Waals surface area contributed by atoms with Crippen molar-refractivity contribution in [3.63, 3.8) is 0 Å². The second-order valence-corrected chi connectivity index (χ2v) is 12.5. The van der Waals surface area contributed by atoms with Crippen molar-refractivity contribution < 1.29 is 4.12 Å². The molecule has 1 aromatic rings. The topological polar surface area (TPSA) is 9.23 Å². The summed E-state index contributed by atoms with van der Waals surface area (Å²) in [6, 6.07) is 10.2. The van der Waals surface area contributed by atoms with E-state index in [0.29, 0.717) is 0 Å². The molecular formula is C10H14OSi2. The van der Waals surface area contributed by atoms with Gasteiger partial charge in [0.2, 0.25) is 16.6 Å². The van der Waals surface area contributed by atoms with E-state index in [2.05, 4.69) is 50.5 Å². The Morgan fingerprint density at radius 2 is 1.31 bits per heavy atom. The molecule has 3 heteroatoms. The van der Waals surface area contributed by atoms with Gasteiger partial charge < -0.3 is 4.12 Å². The highest BCUT2D eigenvalue weighted by molar-refractivity contribution is 7.05. The van der Waals surface area contributed by atoms with Crippen LogP contribution in [0.15, 0.2) is 12.1 Å². The molecule has 0 N–H and O–H groups in total. The summed E-state index contributed by atoms with van der Waals surface area (Å²) in [6.07, 6.45) is 0. The van der Waals surface area contributed by atoms with E-state index in [-0.39, 0.29) is 0 Å². The first-order chi connectivity index (χ1) is 5.93. The fourth-order valence-corrected chi connectivity index (χ4v) is 12.2. The first-order valence-electron chi connectivity index (χ1n) is 4.56. The molecule has 0 amide bonds. The first kappa shape index (κ1) is 9.01. The fourth-order valence-electron chi connectivity index (χ4n) is 2.13. The van der Waals surface area contributed by atoms with E-state index in [9.17, 15) is 0 Å². The van der Waals surface area contributed by atoms with E-state index >= 15 is 0 Å². The molecule has 1 nitrogen and oxygen atoms in total. The molecule has 1 aliphatic rings. The summed E-state index contributed by atoms with van der Waals surface area (Å²) in [5.41, 5.74) is 0. The molecule has 0 unspecified atom stereocenters. The van der Waals surface area contributed by atoms with E-state index in [1.807, 2.05) is 0 Å². The Morgan fingerprint density at radius 1 is 0.923 bits per heavy atom. The molecule has 0 bridgehead atoms. The van der Waals surface area contributed by atoms with E-state index in [4.69, 9.17) is 4.12 Å². The highest BCUT2D eigenvalue weighted by Crippen LogP contribution is 2.19. The van der Waals surface area contributed by atoms with Gasteiger partial charge in [-0.05, 0) is 48.7 Å².